The van der Waals surface area contributed by atoms with Crippen LogP contribution in [-0.4, -0.2) is 64.1 Å². The summed E-state index contributed by atoms with van der Waals surface area (Å²) in [5, 5.41) is 5.85. The standard InChI is InChI=1S/C23H32N4O3/c1-6-27(7-2)14-13-24-23(29)20-16-18(11-12-21(20)26(3)4)25-22(28)17-9-8-10-19(15-17)30-5/h8-12,15-16H,6-7,13-14H2,1-5H3,(H,24,29)(H,25,28). The number of methoxy groups -OCH3 is 1. The van der Waals surface area contributed by atoms with Crippen LogP contribution in [0.25, 0.3) is 0 Å². The van der Waals surface area contributed by atoms with Crippen LogP contribution in [0.2, 0.25) is 0 Å². The SMILES string of the molecule is CCN(CC)CCNC(=O)c1cc(NC(=O)c2cccc(OC)c2)ccc1N(C)C. The van der Waals surface area contributed by atoms with Gasteiger partial charge in [-0.15, -0.1) is 0 Å². The minimum Gasteiger partial charge on any atom is -0.497 e. The summed E-state index contributed by atoms with van der Waals surface area (Å²) < 4.78 is 5.18. The second-order valence-corrected chi connectivity index (χ2v) is 7.10. The zero-order valence-corrected chi connectivity index (χ0v) is 18.5. The quantitative estimate of drug-likeness (QED) is 0.627. The van der Waals surface area contributed by atoms with E-state index in [9.17, 15) is 9.59 Å². The summed E-state index contributed by atoms with van der Waals surface area (Å²) in [6.07, 6.45) is 0. The number of hydrogen-bond acceptors (Lipinski definition) is 5. The lowest BCUT2D eigenvalue weighted by Crippen LogP contribution is -2.35. The van der Waals surface area contributed by atoms with E-state index >= 15 is 0 Å². The Bertz CT molecular complexity index is 863. The first-order chi connectivity index (χ1) is 14.4. The Morgan fingerprint density at radius 1 is 1.00 bits per heavy atom. The maximum Gasteiger partial charge on any atom is 0.255 e. The Labute approximate surface area is 179 Å². The lowest BCUT2D eigenvalue weighted by Gasteiger charge is -2.20. The van der Waals surface area contributed by atoms with Crippen molar-refractivity contribution in [3.05, 3.63) is 53.6 Å². The second kappa shape index (κ2) is 11.2. The zero-order valence-electron chi connectivity index (χ0n) is 18.5. The molecule has 0 spiro atoms. The molecule has 0 fully saturated rings. The fourth-order valence-corrected chi connectivity index (χ4v) is 3.12. The number of ether oxygens (including phenoxy) is 1. The fraction of sp³-hybridized carbons (Fsp3) is 0.391. The number of nitrogens with one attached hydrogen (secondary N) is 2. The number of hydrogen-bond donors (Lipinski definition) is 2. The molecule has 0 aromatic heterocycles. The lowest BCUT2D eigenvalue weighted by atomic mass is 10.1. The zero-order chi connectivity index (χ0) is 22.1. The van der Waals surface area contributed by atoms with Gasteiger partial charge in [-0.1, -0.05) is 19.9 Å². The first-order valence-corrected chi connectivity index (χ1v) is 10.2. The third-order valence-corrected chi connectivity index (χ3v) is 4.92. The van der Waals surface area contributed by atoms with Crippen molar-refractivity contribution in [1.82, 2.24) is 10.2 Å². The van der Waals surface area contributed by atoms with E-state index in [1.54, 1.807) is 43.5 Å². The fourth-order valence-electron chi connectivity index (χ4n) is 3.12. The molecule has 0 unspecified atom stereocenters. The van der Waals surface area contributed by atoms with Gasteiger partial charge in [0, 0.05) is 44.1 Å². The largest absolute Gasteiger partial charge is 0.497 e. The van der Waals surface area contributed by atoms with Crippen molar-refractivity contribution in [2.75, 3.05) is 57.6 Å². The van der Waals surface area contributed by atoms with E-state index in [1.165, 1.54) is 0 Å². The van der Waals surface area contributed by atoms with Crippen LogP contribution in [0.3, 0.4) is 0 Å². The summed E-state index contributed by atoms with van der Waals surface area (Å²) in [4.78, 5) is 29.6. The van der Waals surface area contributed by atoms with Crippen LogP contribution >= 0.6 is 0 Å². The average Bonchev–Trinajstić information content (AvgIpc) is 2.76. The number of benzene rings is 2. The monoisotopic (exact) mass is 412 g/mol. The number of rotatable bonds is 10. The molecule has 30 heavy (non-hydrogen) atoms. The highest BCUT2D eigenvalue weighted by molar-refractivity contribution is 6.06. The predicted octanol–water partition coefficient (Wildman–Crippen LogP) is 3.09. The first kappa shape index (κ1) is 23.2. The summed E-state index contributed by atoms with van der Waals surface area (Å²) in [5.41, 5.74) is 2.34. The Hall–Kier alpha value is -3.06. The molecule has 0 atom stereocenters. The number of likely N-dealkylation sites (N-methyl/N-ethyl adjacent to an activating group) is 1. The highest BCUT2D eigenvalue weighted by atomic mass is 16.5. The molecule has 2 N–H and O–H groups in total. The van der Waals surface area contributed by atoms with Gasteiger partial charge in [-0.2, -0.15) is 0 Å². The normalized spacial score (nSPS) is 10.6. The highest BCUT2D eigenvalue weighted by Gasteiger charge is 2.15. The van der Waals surface area contributed by atoms with Crippen LogP contribution in [0, 0.1) is 0 Å². The highest BCUT2D eigenvalue weighted by Crippen LogP contribution is 2.24. The minimum absolute atomic E-state index is 0.164. The van der Waals surface area contributed by atoms with E-state index < -0.39 is 0 Å². The van der Waals surface area contributed by atoms with E-state index in [-0.39, 0.29) is 11.8 Å². The van der Waals surface area contributed by atoms with Gasteiger partial charge in [-0.25, -0.2) is 0 Å². The molecule has 2 aromatic carbocycles. The van der Waals surface area contributed by atoms with Gasteiger partial charge >= 0.3 is 0 Å². The van der Waals surface area contributed by atoms with Crippen molar-refractivity contribution in [2.45, 2.75) is 13.8 Å². The minimum atomic E-state index is -0.264. The molecular formula is C23H32N4O3. The van der Waals surface area contributed by atoms with Crippen LogP contribution in [0.5, 0.6) is 5.75 Å². The van der Waals surface area contributed by atoms with Gasteiger partial charge in [0.1, 0.15) is 5.75 Å². The molecule has 2 amide bonds. The molecule has 2 aromatic rings. The topological polar surface area (TPSA) is 73.9 Å². The lowest BCUT2D eigenvalue weighted by molar-refractivity contribution is 0.0948. The van der Waals surface area contributed by atoms with Gasteiger partial charge in [-0.05, 0) is 49.5 Å². The van der Waals surface area contributed by atoms with Gasteiger partial charge in [0.15, 0.2) is 0 Å². The summed E-state index contributed by atoms with van der Waals surface area (Å²) in [5.74, 6) is 0.182. The Morgan fingerprint density at radius 3 is 2.37 bits per heavy atom. The maximum absolute atomic E-state index is 12.8. The van der Waals surface area contributed by atoms with E-state index in [0.717, 1.165) is 25.3 Å². The van der Waals surface area contributed by atoms with Crippen molar-refractivity contribution >= 4 is 23.2 Å². The number of nitrogens with zero attached hydrogens (tertiary/aromatic N) is 2. The van der Waals surface area contributed by atoms with E-state index in [0.29, 0.717) is 29.1 Å². The van der Waals surface area contributed by atoms with E-state index in [2.05, 4.69) is 29.4 Å². The third-order valence-electron chi connectivity index (χ3n) is 4.92. The van der Waals surface area contributed by atoms with Crippen molar-refractivity contribution in [2.24, 2.45) is 0 Å². The molecule has 0 radical (unpaired) electrons. The number of carbonyl (C=O) groups excluding carboxylic acids is 2. The molecule has 0 heterocycles. The maximum atomic E-state index is 12.8. The molecule has 0 bridgehead atoms. The molecule has 0 saturated carbocycles. The van der Waals surface area contributed by atoms with Crippen LogP contribution < -0.4 is 20.3 Å². The average molecular weight is 413 g/mol. The summed E-state index contributed by atoms with van der Waals surface area (Å²) >= 11 is 0. The van der Waals surface area contributed by atoms with E-state index in [4.69, 9.17) is 4.74 Å². The van der Waals surface area contributed by atoms with Crippen molar-refractivity contribution in [3.63, 3.8) is 0 Å². The van der Waals surface area contributed by atoms with Crippen molar-refractivity contribution < 1.29 is 14.3 Å². The molecule has 0 aliphatic carbocycles. The van der Waals surface area contributed by atoms with Crippen LogP contribution in [0.4, 0.5) is 11.4 Å². The molecule has 0 aliphatic rings. The summed E-state index contributed by atoms with van der Waals surface area (Å²) in [7, 11) is 5.33. The molecule has 2 rings (SSSR count). The number of carbonyl (C=O) groups is 2. The Morgan fingerprint density at radius 2 is 1.73 bits per heavy atom. The van der Waals surface area contributed by atoms with Gasteiger partial charge in [0.05, 0.1) is 12.7 Å². The van der Waals surface area contributed by atoms with Crippen molar-refractivity contribution in [3.8, 4) is 5.75 Å². The number of amides is 2. The molecule has 7 nitrogen and oxygen atoms in total. The molecule has 162 valence electrons. The Balaban J connectivity index is 2.16. The van der Waals surface area contributed by atoms with E-state index in [1.807, 2.05) is 25.1 Å². The van der Waals surface area contributed by atoms with Gasteiger partial charge in [-0.3, -0.25) is 9.59 Å². The third kappa shape index (κ3) is 6.22. The molecule has 7 heteroatoms. The summed E-state index contributed by atoms with van der Waals surface area (Å²) in [6, 6.07) is 12.3. The summed E-state index contributed by atoms with van der Waals surface area (Å²) in [6.45, 7) is 7.45. The predicted molar refractivity (Wildman–Crippen MR) is 122 cm³/mol. The van der Waals surface area contributed by atoms with Gasteiger partial charge in [0.2, 0.25) is 0 Å². The molecular weight excluding hydrogens is 380 g/mol. The molecule has 0 saturated heterocycles. The van der Waals surface area contributed by atoms with Crippen LogP contribution in [-0.2, 0) is 0 Å². The smallest absolute Gasteiger partial charge is 0.255 e. The Kier molecular flexibility index (Phi) is 8.68. The second-order valence-electron chi connectivity index (χ2n) is 7.10. The first-order valence-electron chi connectivity index (χ1n) is 10.2. The van der Waals surface area contributed by atoms with Crippen LogP contribution in [0.1, 0.15) is 34.6 Å². The van der Waals surface area contributed by atoms with Gasteiger partial charge in [0.25, 0.3) is 11.8 Å². The number of anilines is 2. The van der Waals surface area contributed by atoms with Crippen molar-refractivity contribution in [1.29, 1.82) is 0 Å². The molecule has 0 aliphatic heterocycles. The van der Waals surface area contributed by atoms with Crippen LogP contribution in [0.15, 0.2) is 42.5 Å². The van der Waals surface area contributed by atoms with Gasteiger partial charge < -0.3 is 25.2 Å².